The molecule has 1 fully saturated rings. The van der Waals surface area contributed by atoms with Crippen LogP contribution in [0.5, 0.6) is 0 Å². The van der Waals surface area contributed by atoms with Crippen molar-refractivity contribution in [3.63, 3.8) is 0 Å². The van der Waals surface area contributed by atoms with E-state index in [2.05, 4.69) is 0 Å². The molecule has 0 nitrogen and oxygen atoms in total. The Hall–Kier alpha value is -0.850. The largest absolute Gasteiger partial charge is 0.207 e. The average Bonchev–Trinajstić information content (AvgIpc) is 2.17. The van der Waals surface area contributed by atoms with Gasteiger partial charge in [0, 0.05) is 0 Å². The van der Waals surface area contributed by atoms with Crippen LogP contribution in [0.15, 0.2) is 12.1 Å². The molecule has 2 rings (SSSR count). The monoisotopic (exact) mass is 206 g/mol. The van der Waals surface area contributed by atoms with Crippen molar-refractivity contribution in [2.24, 2.45) is 0 Å². The van der Waals surface area contributed by atoms with Gasteiger partial charge in [-0.2, -0.15) is 0 Å². The van der Waals surface area contributed by atoms with Gasteiger partial charge in [0.1, 0.15) is 5.82 Å². The molecule has 0 aliphatic heterocycles. The lowest BCUT2D eigenvalue weighted by atomic mass is 9.80. The van der Waals surface area contributed by atoms with Crippen molar-refractivity contribution in [2.45, 2.75) is 51.9 Å². The predicted octanol–water partition coefficient (Wildman–Crippen LogP) is 4.49. The minimum atomic E-state index is -0.0930. The molecule has 0 aromatic heterocycles. The van der Waals surface area contributed by atoms with Gasteiger partial charge >= 0.3 is 0 Å². The highest BCUT2D eigenvalue weighted by Crippen LogP contribution is 2.36. The highest BCUT2D eigenvalue weighted by molar-refractivity contribution is 5.37. The summed E-state index contributed by atoms with van der Waals surface area (Å²) in [5, 5.41) is 0. The zero-order valence-corrected chi connectivity index (χ0v) is 9.65. The van der Waals surface area contributed by atoms with Crippen molar-refractivity contribution in [1.82, 2.24) is 0 Å². The van der Waals surface area contributed by atoms with Gasteiger partial charge in [-0.05, 0) is 61.4 Å². The summed E-state index contributed by atoms with van der Waals surface area (Å²) in [6.07, 6.45) is 6.61. The normalized spacial score (nSPS) is 18.1. The van der Waals surface area contributed by atoms with E-state index in [9.17, 15) is 4.39 Å². The summed E-state index contributed by atoms with van der Waals surface area (Å²) >= 11 is 0. The Morgan fingerprint density at radius 3 is 2.07 bits per heavy atom. The summed E-state index contributed by atoms with van der Waals surface area (Å²) in [7, 11) is 0. The molecule has 1 aliphatic carbocycles. The van der Waals surface area contributed by atoms with Crippen LogP contribution >= 0.6 is 0 Å². The van der Waals surface area contributed by atoms with Crippen LogP contribution in [-0.2, 0) is 0 Å². The van der Waals surface area contributed by atoms with Crippen LogP contribution in [0.4, 0.5) is 4.39 Å². The van der Waals surface area contributed by atoms with E-state index in [0.29, 0.717) is 5.92 Å². The molecule has 15 heavy (non-hydrogen) atoms. The highest BCUT2D eigenvalue weighted by atomic mass is 19.1. The van der Waals surface area contributed by atoms with Gasteiger partial charge in [0.25, 0.3) is 0 Å². The zero-order chi connectivity index (χ0) is 10.8. The third-order valence-electron chi connectivity index (χ3n) is 3.57. The molecular weight excluding hydrogens is 187 g/mol. The van der Waals surface area contributed by atoms with Crippen LogP contribution in [0.3, 0.4) is 0 Å². The first-order chi connectivity index (χ1) is 7.18. The standard InChI is InChI=1S/C14H19F/c1-10-8-13(15)9-11(2)14(10)12-6-4-3-5-7-12/h8-9,12H,3-7H2,1-2H3. The third-order valence-corrected chi connectivity index (χ3v) is 3.57. The summed E-state index contributed by atoms with van der Waals surface area (Å²) in [5.41, 5.74) is 3.69. The van der Waals surface area contributed by atoms with Crippen molar-refractivity contribution in [2.75, 3.05) is 0 Å². The van der Waals surface area contributed by atoms with E-state index in [1.165, 1.54) is 37.7 Å². The lowest BCUT2D eigenvalue weighted by Gasteiger charge is -2.25. The lowest BCUT2D eigenvalue weighted by molar-refractivity contribution is 0.440. The Kier molecular flexibility index (Phi) is 3.08. The van der Waals surface area contributed by atoms with E-state index < -0.39 is 0 Å². The number of halogens is 1. The van der Waals surface area contributed by atoms with E-state index in [1.807, 2.05) is 13.8 Å². The smallest absolute Gasteiger partial charge is 0.123 e. The molecule has 0 spiro atoms. The maximum Gasteiger partial charge on any atom is 0.123 e. The molecule has 0 unspecified atom stereocenters. The summed E-state index contributed by atoms with van der Waals surface area (Å²) in [4.78, 5) is 0. The van der Waals surface area contributed by atoms with Crippen LogP contribution < -0.4 is 0 Å². The molecule has 1 saturated carbocycles. The minimum absolute atomic E-state index is 0.0930. The third kappa shape index (κ3) is 2.22. The number of hydrogen-bond donors (Lipinski definition) is 0. The second-order valence-electron chi connectivity index (χ2n) is 4.79. The Labute approximate surface area is 91.5 Å². The molecule has 0 N–H and O–H groups in total. The van der Waals surface area contributed by atoms with E-state index in [1.54, 1.807) is 12.1 Å². The van der Waals surface area contributed by atoms with Gasteiger partial charge in [-0.15, -0.1) is 0 Å². The molecule has 1 aliphatic rings. The van der Waals surface area contributed by atoms with Crippen molar-refractivity contribution >= 4 is 0 Å². The molecule has 1 aromatic rings. The second-order valence-corrected chi connectivity index (χ2v) is 4.79. The van der Waals surface area contributed by atoms with Gasteiger partial charge in [-0.25, -0.2) is 4.39 Å². The van der Waals surface area contributed by atoms with Gasteiger partial charge in [0.2, 0.25) is 0 Å². The summed E-state index contributed by atoms with van der Waals surface area (Å²) in [6, 6.07) is 3.36. The fraction of sp³-hybridized carbons (Fsp3) is 0.571. The van der Waals surface area contributed by atoms with Crippen LogP contribution in [0.1, 0.15) is 54.7 Å². The number of benzene rings is 1. The summed E-state index contributed by atoms with van der Waals surface area (Å²) in [5.74, 6) is 0.587. The Morgan fingerprint density at radius 2 is 1.53 bits per heavy atom. The second kappa shape index (κ2) is 4.34. The van der Waals surface area contributed by atoms with Gasteiger partial charge < -0.3 is 0 Å². The highest BCUT2D eigenvalue weighted by Gasteiger charge is 2.19. The van der Waals surface area contributed by atoms with Gasteiger partial charge in [0.05, 0.1) is 0 Å². The Bertz CT molecular complexity index is 325. The fourth-order valence-electron chi connectivity index (χ4n) is 2.96. The van der Waals surface area contributed by atoms with Crippen LogP contribution in [0.25, 0.3) is 0 Å². The molecule has 0 heterocycles. The van der Waals surface area contributed by atoms with E-state index >= 15 is 0 Å². The maximum atomic E-state index is 13.2. The number of hydrogen-bond acceptors (Lipinski definition) is 0. The average molecular weight is 206 g/mol. The van der Waals surface area contributed by atoms with E-state index in [0.717, 1.165) is 11.1 Å². The van der Waals surface area contributed by atoms with E-state index in [4.69, 9.17) is 0 Å². The zero-order valence-electron chi connectivity index (χ0n) is 9.65. The first-order valence-corrected chi connectivity index (χ1v) is 5.95. The predicted molar refractivity (Wildman–Crippen MR) is 61.7 cm³/mol. The maximum absolute atomic E-state index is 13.2. The molecule has 0 bridgehead atoms. The Morgan fingerprint density at radius 1 is 1.00 bits per heavy atom. The van der Waals surface area contributed by atoms with Crippen LogP contribution in [-0.4, -0.2) is 0 Å². The molecule has 1 heteroatoms. The molecule has 0 saturated heterocycles. The summed E-state index contributed by atoms with van der Waals surface area (Å²) < 4.78 is 13.2. The van der Waals surface area contributed by atoms with Crippen LogP contribution in [0.2, 0.25) is 0 Å². The van der Waals surface area contributed by atoms with Gasteiger partial charge in [-0.3, -0.25) is 0 Å². The molecular formula is C14H19F. The quantitative estimate of drug-likeness (QED) is 0.635. The van der Waals surface area contributed by atoms with Crippen molar-refractivity contribution in [3.8, 4) is 0 Å². The number of rotatable bonds is 1. The lowest BCUT2D eigenvalue weighted by Crippen LogP contribution is -2.08. The van der Waals surface area contributed by atoms with Crippen molar-refractivity contribution in [1.29, 1.82) is 0 Å². The Balaban J connectivity index is 2.33. The minimum Gasteiger partial charge on any atom is -0.207 e. The molecule has 0 radical (unpaired) electrons. The number of aryl methyl sites for hydroxylation is 2. The van der Waals surface area contributed by atoms with E-state index in [-0.39, 0.29) is 5.82 Å². The molecule has 82 valence electrons. The SMILES string of the molecule is Cc1cc(F)cc(C)c1C1CCCCC1. The molecule has 0 amide bonds. The first kappa shape index (κ1) is 10.7. The topological polar surface area (TPSA) is 0 Å². The van der Waals surface area contributed by atoms with Crippen molar-refractivity contribution in [3.05, 3.63) is 34.6 Å². The molecule has 1 aromatic carbocycles. The fourth-order valence-corrected chi connectivity index (χ4v) is 2.96. The van der Waals surface area contributed by atoms with Crippen LogP contribution in [0, 0.1) is 19.7 Å². The molecule has 0 atom stereocenters. The van der Waals surface area contributed by atoms with Gasteiger partial charge in [0.15, 0.2) is 0 Å². The van der Waals surface area contributed by atoms with Crippen molar-refractivity contribution < 1.29 is 4.39 Å². The first-order valence-electron chi connectivity index (χ1n) is 5.95. The van der Waals surface area contributed by atoms with Gasteiger partial charge in [-0.1, -0.05) is 19.3 Å². The summed E-state index contributed by atoms with van der Waals surface area (Å²) in [6.45, 7) is 4.08.